The van der Waals surface area contributed by atoms with Crippen molar-refractivity contribution >= 4 is 5.97 Å². The molecule has 0 heterocycles. The van der Waals surface area contributed by atoms with Gasteiger partial charge in [-0.25, -0.2) is 4.79 Å². The van der Waals surface area contributed by atoms with E-state index in [2.05, 4.69) is 4.74 Å². The third-order valence-corrected chi connectivity index (χ3v) is 1.50. The number of aliphatic hydroxyl groups excluding tert-OH is 3. The smallest absolute Gasteiger partial charge is 0.336 e. The lowest BCUT2D eigenvalue weighted by atomic mass is 10.1. The van der Waals surface area contributed by atoms with E-state index >= 15 is 0 Å². The summed E-state index contributed by atoms with van der Waals surface area (Å²) < 4.78 is 4.43. The predicted octanol–water partition coefficient (Wildman–Crippen LogP) is 0.762. The fourth-order valence-corrected chi connectivity index (χ4v) is 0.718. The summed E-state index contributed by atoms with van der Waals surface area (Å²) in [5, 5.41) is 23.8. The predicted molar refractivity (Wildman–Crippen MR) is 56.4 cm³/mol. The summed E-state index contributed by atoms with van der Waals surface area (Å²) in [4.78, 5) is 10.8. The molecule has 0 atom stereocenters. The first kappa shape index (κ1) is 16.4. The van der Waals surface area contributed by atoms with Crippen molar-refractivity contribution in [1.29, 1.82) is 0 Å². The Balaban J connectivity index is 0. The molecule has 5 nitrogen and oxygen atoms in total. The molecule has 0 aliphatic heterocycles. The zero-order valence-electron chi connectivity index (χ0n) is 9.27. The Bertz CT molecular complexity index is 175. The molecule has 15 heavy (non-hydrogen) atoms. The van der Waals surface area contributed by atoms with Gasteiger partial charge < -0.3 is 20.1 Å². The second-order valence-corrected chi connectivity index (χ2v) is 2.70. The Morgan fingerprint density at radius 2 is 1.87 bits per heavy atom. The molecule has 0 rings (SSSR count). The molecular formula is C10H20O5. The monoisotopic (exact) mass is 220 g/mol. The Morgan fingerprint density at radius 1 is 1.33 bits per heavy atom. The van der Waals surface area contributed by atoms with E-state index in [0.717, 1.165) is 19.1 Å². The number of carbonyl (C=O) groups excluding carboxylic acids is 1. The Labute approximate surface area is 90.0 Å². The summed E-state index contributed by atoms with van der Waals surface area (Å²) in [6.07, 6.45) is 3.29. The largest absolute Gasteiger partial charge is 0.515 e. The molecule has 0 aromatic rings. The van der Waals surface area contributed by atoms with Crippen LogP contribution in [0.25, 0.3) is 0 Å². The van der Waals surface area contributed by atoms with E-state index in [1.807, 2.05) is 6.92 Å². The minimum absolute atomic E-state index is 0.125. The number of esters is 1. The molecule has 0 fully saturated rings. The van der Waals surface area contributed by atoms with Crippen molar-refractivity contribution < 1.29 is 24.9 Å². The summed E-state index contributed by atoms with van der Waals surface area (Å²) in [6.45, 7) is 1.77. The van der Waals surface area contributed by atoms with Gasteiger partial charge in [0, 0.05) is 0 Å². The Kier molecular flexibility index (Phi) is 14.1. The fourth-order valence-electron chi connectivity index (χ4n) is 0.718. The number of hydrogen-bond acceptors (Lipinski definition) is 5. The molecule has 0 amide bonds. The number of unbranched alkanes of at least 4 members (excludes halogenated alkanes) is 1. The zero-order chi connectivity index (χ0) is 12.1. The van der Waals surface area contributed by atoms with E-state index in [0.29, 0.717) is 12.0 Å². The van der Waals surface area contributed by atoms with E-state index in [1.54, 1.807) is 0 Å². The van der Waals surface area contributed by atoms with E-state index < -0.39 is 5.97 Å². The first-order chi connectivity index (χ1) is 7.17. The molecular weight excluding hydrogens is 200 g/mol. The van der Waals surface area contributed by atoms with Crippen molar-refractivity contribution in [2.45, 2.75) is 26.2 Å². The van der Waals surface area contributed by atoms with Gasteiger partial charge in [-0.2, -0.15) is 0 Å². The molecule has 0 saturated carbocycles. The van der Waals surface area contributed by atoms with Crippen LogP contribution in [0, 0.1) is 0 Å². The molecule has 5 heteroatoms. The van der Waals surface area contributed by atoms with Crippen LogP contribution >= 0.6 is 0 Å². The number of ether oxygens (including phenoxy) is 1. The minimum atomic E-state index is -0.444. The lowest BCUT2D eigenvalue weighted by Gasteiger charge is -2.01. The molecule has 0 radical (unpaired) electrons. The van der Waals surface area contributed by atoms with Gasteiger partial charge in [0.2, 0.25) is 0 Å². The van der Waals surface area contributed by atoms with Crippen molar-refractivity contribution in [3.05, 3.63) is 11.8 Å². The summed E-state index contributed by atoms with van der Waals surface area (Å²) in [5.74, 6) is -0.444. The van der Waals surface area contributed by atoms with Crippen LogP contribution in [0.5, 0.6) is 0 Å². The molecule has 0 spiro atoms. The molecule has 3 N–H and O–H groups in total. The maximum absolute atomic E-state index is 10.8. The van der Waals surface area contributed by atoms with Gasteiger partial charge in [0.25, 0.3) is 0 Å². The second kappa shape index (κ2) is 12.9. The lowest BCUT2D eigenvalue weighted by Crippen LogP contribution is -2.04. The molecule has 0 bridgehead atoms. The van der Waals surface area contributed by atoms with Crippen LogP contribution < -0.4 is 0 Å². The molecule has 0 saturated heterocycles. The van der Waals surface area contributed by atoms with Gasteiger partial charge in [-0.3, -0.25) is 0 Å². The van der Waals surface area contributed by atoms with Crippen molar-refractivity contribution in [2.24, 2.45) is 0 Å². The minimum Gasteiger partial charge on any atom is -0.515 e. The maximum atomic E-state index is 10.8. The number of aliphatic hydroxyl groups is 3. The van der Waals surface area contributed by atoms with Gasteiger partial charge in [0.05, 0.1) is 32.2 Å². The fraction of sp³-hybridized carbons (Fsp3) is 0.700. The van der Waals surface area contributed by atoms with E-state index in [1.165, 1.54) is 7.11 Å². The van der Waals surface area contributed by atoms with Crippen LogP contribution in [0.1, 0.15) is 26.2 Å². The Hall–Kier alpha value is -1.07. The number of carbonyl (C=O) groups is 1. The van der Waals surface area contributed by atoms with Crippen LogP contribution in [-0.2, 0) is 9.53 Å². The zero-order valence-corrected chi connectivity index (χ0v) is 9.27. The van der Waals surface area contributed by atoms with E-state index in [-0.39, 0.29) is 13.2 Å². The molecule has 0 aromatic carbocycles. The number of methoxy groups -OCH3 is 1. The Morgan fingerprint density at radius 3 is 2.13 bits per heavy atom. The first-order valence-corrected chi connectivity index (χ1v) is 4.81. The molecule has 0 aliphatic carbocycles. The molecule has 0 aromatic heterocycles. The van der Waals surface area contributed by atoms with Crippen molar-refractivity contribution in [2.75, 3.05) is 20.3 Å². The summed E-state index contributed by atoms with van der Waals surface area (Å²) in [5.41, 5.74) is 0.342. The highest BCUT2D eigenvalue weighted by atomic mass is 16.5. The highest BCUT2D eigenvalue weighted by Crippen LogP contribution is 2.07. The topological polar surface area (TPSA) is 87.0 Å². The standard InChI is InChI=1S/C8H14O3.C2H6O2/c1-3-4-5-7(6-9)8(10)11-2;3-1-2-4/h6,9H,3-5H2,1-2H3;3-4H,1-2H2. The summed E-state index contributed by atoms with van der Waals surface area (Å²) in [6, 6.07) is 0. The van der Waals surface area contributed by atoms with Crippen LogP contribution in [0.15, 0.2) is 11.8 Å². The van der Waals surface area contributed by atoms with Crippen molar-refractivity contribution in [3.63, 3.8) is 0 Å². The van der Waals surface area contributed by atoms with E-state index in [9.17, 15) is 4.79 Å². The van der Waals surface area contributed by atoms with Crippen LogP contribution in [-0.4, -0.2) is 41.6 Å². The lowest BCUT2D eigenvalue weighted by molar-refractivity contribution is -0.136. The number of rotatable bonds is 5. The van der Waals surface area contributed by atoms with Crippen molar-refractivity contribution in [1.82, 2.24) is 0 Å². The molecule has 0 aliphatic rings. The maximum Gasteiger partial charge on any atom is 0.336 e. The van der Waals surface area contributed by atoms with E-state index in [4.69, 9.17) is 15.3 Å². The van der Waals surface area contributed by atoms with Crippen molar-refractivity contribution in [3.8, 4) is 0 Å². The molecule has 90 valence electrons. The van der Waals surface area contributed by atoms with Crippen LogP contribution in [0.3, 0.4) is 0 Å². The normalized spacial score (nSPS) is 10.3. The van der Waals surface area contributed by atoms with Gasteiger partial charge in [0.1, 0.15) is 0 Å². The van der Waals surface area contributed by atoms with Gasteiger partial charge in [-0.15, -0.1) is 0 Å². The first-order valence-electron chi connectivity index (χ1n) is 4.81. The van der Waals surface area contributed by atoms with Crippen LogP contribution in [0.2, 0.25) is 0 Å². The summed E-state index contributed by atoms with van der Waals surface area (Å²) in [7, 11) is 1.30. The second-order valence-electron chi connectivity index (χ2n) is 2.70. The SMILES string of the molecule is CCCCC(=CO)C(=O)OC.OCCO. The van der Waals surface area contributed by atoms with Crippen LogP contribution in [0.4, 0.5) is 0 Å². The van der Waals surface area contributed by atoms with Gasteiger partial charge in [-0.1, -0.05) is 13.3 Å². The highest BCUT2D eigenvalue weighted by Gasteiger charge is 2.07. The third kappa shape index (κ3) is 10.9. The molecule has 0 unspecified atom stereocenters. The third-order valence-electron chi connectivity index (χ3n) is 1.50. The average Bonchev–Trinajstić information content (AvgIpc) is 2.30. The van der Waals surface area contributed by atoms with Gasteiger partial charge in [0.15, 0.2) is 0 Å². The highest BCUT2D eigenvalue weighted by molar-refractivity contribution is 5.87. The summed E-state index contributed by atoms with van der Waals surface area (Å²) >= 11 is 0. The average molecular weight is 220 g/mol. The number of hydrogen-bond donors (Lipinski definition) is 3. The van der Waals surface area contributed by atoms with Gasteiger partial charge >= 0.3 is 5.97 Å². The van der Waals surface area contributed by atoms with Gasteiger partial charge in [-0.05, 0) is 12.8 Å². The quantitative estimate of drug-likeness (QED) is 0.362.